The monoisotopic (exact) mass is 397 g/mol. The Morgan fingerprint density at radius 1 is 0.929 bits per heavy atom. The molecule has 0 aliphatic rings. The van der Waals surface area contributed by atoms with Crippen molar-refractivity contribution in [2.75, 3.05) is 19.5 Å². The molecule has 6 heteroatoms. The summed E-state index contributed by atoms with van der Waals surface area (Å²) in [7, 11) is 3.12. The lowest BCUT2D eigenvalue weighted by Crippen LogP contribution is -2.13. The second-order valence-corrected chi connectivity index (χ2v) is 6.34. The van der Waals surface area contributed by atoms with Crippen LogP contribution >= 0.6 is 11.6 Å². The molecule has 0 saturated heterocycles. The normalized spacial score (nSPS) is 10.2. The van der Waals surface area contributed by atoms with Crippen molar-refractivity contribution in [3.8, 4) is 17.2 Å². The van der Waals surface area contributed by atoms with Crippen LogP contribution in [0.25, 0.3) is 0 Å². The average molecular weight is 398 g/mol. The lowest BCUT2D eigenvalue weighted by molar-refractivity contribution is 0.102. The zero-order valence-corrected chi connectivity index (χ0v) is 16.3. The first-order chi connectivity index (χ1) is 13.6. The first-order valence-electron chi connectivity index (χ1n) is 8.60. The Hall–Kier alpha value is -3.18. The Balaban J connectivity index is 1.76. The van der Waals surface area contributed by atoms with E-state index in [1.165, 1.54) is 7.11 Å². The first kappa shape index (κ1) is 19.6. The molecule has 144 valence electrons. The zero-order chi connectivity index (χ0) is 19.9. The summed E-state index contributed by atoms with van der Waals surface area (Å²) in [6.07, 6.45) is 0. The van der Waals surface area contributed by atoms with Crippen molar-refractivity contribution in [3.05, 3.63) is 82.9 Å². The molecule has 3 aromatic rings. The smallest absolute Gasteiger partial charge is 0.255 e. The maximum Gasteiger partial charge on any atom is 0.255 e. The molecule has 0 saturated carbocycles. The Morgan fingerprint density at radius 2 is 1.64 bits per heavy atom. The number of halogens is 1. The van der Waals surface area contributed by atoms with Gasteiger partial charge < -0.3 is 19.5 Å². The molecule has 28 heavy (non-hydrogen) atoms. The number of rotatable bonds is 7. The maximum atomic E-state index is 12.6. The van der Waals surface area contributed by atoms with E-state index in [0.717, 1.165) is 11.3 Å². The van der Waals surface area contributed by atoms with Gasteiger partial charge in [-0.1, -0.05) is 29.8 Å². The van der Waals surface area contributed by atoms with Crippen LogP contribution in [-0.2, 0) is 6.61 Å². The van der Waals surface area contributed by atoms with Crippen molar-refractivity contribution in [2.24, 2.45) is 0 Å². The third-order valence-corrected chi connectivity index (χ3v) is 4.39. The fraction of sp³-hybridized carbons (Fsp3) is 0.136. The Kier molecular flexibility index (Phi) is 6.40. The summed E-state index contributed by atoms with van der Waals surface area (Å²) >= 11 is 6.11. The Bertz CT molecular complexity index is 960. The van der Waals surface area contributed by atoms with Crippen molar-refractivity contribution in [1.82, 2.24) is 0 Å². The van der Waals surface area contributed by atoms with Crippen LogP contribution in [0.3, 0.4) is 0 Å². The van der Waals surface area contributed by atoms with E-state index < -0.39 is 0 Å². The quantitative estimate of drug-likeness (QED) is 0.596. The third kappa shape index (κ3) is 4.75. The van der Waals surface area contributed by atoms with Gasteiger partial charge in [0, 0.05) is 16.8 Å². The van der Waals surface area contributed by atoms with Crippen molar-refractivity contribution in [2.45, 2.75) is 6.61 Å². The van der Waals surface area contributed by atoms with Crippen molar-refractivity contribution in [3.63, 3.8) is 0 Å². The minimum Gasteiger partial charge on any atom is -0.496 e. The van der Waals surface area contributed by atoms with E-state index in [4.69, 9.17) is 25.8 Å². The summed E-state index contributed by atoms with van der Waals surface area (Å²) in [5, 5.41) is 3.25. The van der Waals surface area contributed by atoms with E-state index in [1.54, 1.807) is 43.5 Å². The highest BCUT2D eigenvalue weighted by atomic mass is 35.5. The number of hydrogen-bond donors (Lipinski definition) is 1. The van der Waals surface area contributed by atoms with Crippen molar-refractivity contribution >= 4 is 23.2 Å². The molecule has 0 unspecified atom stereocenters. The number of para-hydroxylation sites is 1. The van der Waals surface area contributed by atoms with Gasteiger partial charge in [-0.05, 0) is 48.5 Å². The van der Waals surface area contributed by atoms with Gasteiger partial charge in [0.1, 0.15) is 23.9 Å². The van der Waals surface area contributed by atoms with Gasteiger partial charge in [0.25, 0.3) is 5.91 Å². The van der Waals surface area contributed by atoms with Crippen LogP contribution in [0.2, 0.25) is 5.02 Å². The highest BCUT2D eigenvalue weighted by Gasteiger charge is 2.12. The van der Waals surface area contributed by atoms with Crippen molar-refractivity contribution in [1.29, 1.82) is 0 Å². The number of carbonyl (C=O) groups excluding carboxylic acids is 1. The standard InChI is InChI=1S/C22H20ClNO4/c1-26-20-10-8-15(12-16(20)14-28-18-6-4-3-5-7-18)22(25)24-17-9-11-21(27-2)19(23)13-17/h3-13H,14H2,1-2H3,(H,24,25). The molecule has 3 aromatic carbocycles. The van der Waals surface area contributed by atoms with E-state index in [1.807, 2.05) is 30.3 Å². The second kappa shape index (κ2) is 9.15. The number of nitrogens with one attached hydrogen (secondary N) is 1. The van der Waals surface area contributed by atoms with Gasteiger partial charge in [0.05, 0.1) is 19.2 Å². The van der Waals surface area contributed by atoms with Crippen LogP contribution in [0, 0.1) is 0 Å². The summed E-state index contributed by atoms with van der Waals surface area (Å²) in [5.41, 5.74) is 1.83. The van der Waals surface area contributed by atoms with Crippen LogP contribution in [0.4, 0.5) is 5.69 Å². The van der Waals surface area contributed by atoms with Crippen LogP contribution in [0.5, 0.6) is 17.2 Å². The summed E-state index contributed by atoms with van der Waals surface area (Å²) in [5.74, 6) is 1.68. The molecule has 0 heterocycles. The van der Waals surface area contributed by atoms with Crippen molar-refractivity contribution < 1.29 is 19.0 Å². The Labute approximate surface area is 168 Å². The molecule has 0 atom stereocenters. The molecule has 3 rings (SSSR count). The van der Waals surface area contributed by atoms with E-state index in [9.17, 15) is 4.79 Å². The molecule has 0 aliphatic heterocycles. The Morgan fingerprint density at radius 3 is 2.32 bits per heavy atom. The highest BCUT2D eigenvalue weighted by molar-refractivity contribution is 6.32. The molecule has 0 aliphatic carbocycles. The first-order valence-corrected chi connectivity index (χ1v) is 8.98. The fourth-order valence-electron chi connectivity index (χ4n) is 2.66. The van der Waals surface area contributed by atoms with Gasteiger partial charge in [0.15, 0.2) is 0 Å². The van der Waals surface area contributed by atoms with E-state index in [2.05, 4.69) is 5.32 Å². The predicted molar refractivity (Wildman–Crippen MR) is 110 cm³/mol. The maximum absolute atomic E-state index is 12.6. The van der Waals surface area contributed by atoms with Gasteiger partial charge >= 0.3 is 0 Å². The molecular weight excluding hydrogens is 378 g/mol. The van der Waals surface area contributed by atoms with E-state index >= 15 is 0 Å². The summed E-state index contributed by atoms with van der Waals surface area (Å²) < 4.78 is 16.3. The number of ether oxygens (including phenoxy) is 3. The SMILES string of the molecule is COc1ccc(NC(=O)c2ccc(OC)c(COc3ccccc3)c2)cc1Cl. The van der Waals surface area contributed by atoms with Crippen LogP contribution in [0.15, 0.2) is 66.7 Å². The third-order valence-electron chi connectivity index (χ3n) is 4.09. The predicted octanol–water partition coefficient (Wildman–Crippen LogP) is 5.19. The topological polar surface area (TPSA) is 56.8 Å². The molecule has 0 aromatic heterocycles. The van der Waals surface area contributed by atoms with Crippen LogP contribution < -0.4 is 19.5 Å². The molecule has 1 N–H and O–H groups in total. The van der Waals surface area contributed by atoms with E-state index in [0.29, 0.717) is 27.8 Å². The van der Waals surface area contributed by atoms with Gasteiger partial charge in [-0.3, -0.25) is 4.79 Å². The molecule has 0 bridgehead atoms. The minimum absolute atomic E-state index is 0.259. The average Bonchev–Trinajstić information content (AvgIpc) is 2.73. The van der Waals surface area contributed by atoms with Gasteiger partial charge in [-0.15, -0.1) is 0 Å². The van der Waals surface area contributed by atoms with Gasteiger partial charge in [-0.2, -0.15) is 0 Å². The number of benzene rings is 3. The molecule has 0 spiro atoms. The number of carbonyl (C=O) groups is 1. The molecule has 5 nitrogen and oxygen atoms in total. The van der Waals surface area contributed by atoms with Gasteiger partial charge in [0.2, 0.25) is 0 Å². The van der Waals surface area contributed by atoms with Gasteiger partial charge in [-0.25, -0.2) is 0 Å². The lowest BCUT2D eigenvalue weighted by Gasteiger charge is -2.13. The van der Waals surface area contributed by atoms with Crippen LogP contribution in [0.1, 0.15) is 15.9 Å². The minimum atomic E-state index is -0.259. The number of methoxy groups -OCH3 is 2. The largest absolute Gasteiger partial charge is 0.496 e. The highest BCUT2D eigenvalue weighted by Crippen LogP contribution is 2.28. The molecule has 0 radical (unpaired) electrons. The summed E-state index contributed by atoms with van der Waals surface area (Å²) in [6.45, 7) is 0.280. The molecule has 1 amide bonds. The fourth-order valence-corrected chi connectivity index (χ4v) is 2.92. The molecular formula is C22H20ClNO4. The number of amides is 1. The zero-order valence-electron chi connectivity index (χ0n) is 15.6. The van der Waals surface area contributed by atoms with Crippen LogP contribution in [-0.4, -0.2) is 20.1 Å². The summed E-state index contributed by atoms with van der Waals surface area (Å²) in [4.78, 5) is 12.6. The lowest BCUT2D eigenvalue weighted by atomic mass is 10.1. The second-order valence-electron chi connectivity index (χ2n) is 5.93. The van der Waals surface area contributed by atoms with E-state index in [-0.39, 0.29) is 12.5 Å². The molecule has 0 fully saturated rings. The number of hydrogen-bond acceptors (Lipinski definition) is 4. The summed E-state index contributed by atoms with van der Waals surface area (Å²) in [6, 6.07) is 19.7. The number of anilines is 1.